The summed E-state index contributed by atoms with van der Waals surface area (Å²) in [6.45, 7) is 10.2. The monoisotopic (exact) mass is 299 g/mol. The van der Waals surface area contributed by atoms with Gasteiger partial charge < -0.3 is 0 Å². The highest BCUT2D eigenvalue weighted by Crippen LogP contribution is 2.31. The summed E-state index contributed by atoms with van der Waals surface area (Å²) in [5.74, 6) is 0. The SMILES string of the molecule is Cc1nn(C)c(CN2CCC(C)(C)CC2)c1Br. The van der Waals surface area contributed by atoms with Gasteiger partial charge in [-0.2, -0.15) is 5.10 Å². The fourth-order valence-electron chi connectivity index (χ4n) is 2.38. The molecule has 0 aromatic carbocycles. The fourth-order valence-corrected chi connectivity index (χ4v) is 2.84. The minimum atomic E-state index is 0.524. The average Bonchev–Trinajstić information content (AvgIpc) is 2.48. The summed E-state index contributed by atoms with van der Waals surface area (Å²) >= 11 is 3.64. The molecule has 2 rings (SSSR count). The topological polar surface area (TPSA) is 21.1 Å². The first-order valence-electron chi connectivity index (χ1n) is 6.29. The van der Waals surface area contributed by atoms with E-state index in [1.165, 1.54) is 36.1 Å². The zero-order chi connectivity index (χ0) is 12.6. The second-order valence-corrected chi connectivity index (χ2v) is 6.70. The van der Waals surface area contributed by atoms with Crippen LogP contribution in [0.15, 0.2) is 4.47 Å². The van der Waals surface area contributed by atoms with E-state index in [1.807, 2.05) is 18.7 Å². The lowest BCUT2D eigenvalue weighted by atomic mass is 9.83. The van der Waals surface area contributed by atoms with E-state index in [0.717, 1.165) is 12.2 Å². The molecule has 1 aromatic rings. The minimum Gasteiger partial charge on any atom is -0.297 e. The summed E-state index contributed by atoms with van der Waals surface area (Å²) in [6.07, 6.45) is 2.59. The number of aromatic nitrogens is 2. The molecule has 96 valence electrons. The van der Waals surface area contributed by atoms with Crippen LogP contribution in [0.1, 0.15) is 38.1 Å². The molecule has 0 bridgehead atoms. The average molecular weight is 300 g/mol. The maximum Gasteiger partial charge on any atom is 0.0739 e. The minimum absolute atomic E-state index is 0.524. The Morgan fingerprint density at radius 1 is 1.29 bits per heavy atom. The molecule has 0 atom stereocenters. The standard InChI is InChI=1S/C13H22BrN3/c1-10-12(14)11(16(4)15-10)9-17-7-5-13(2,3)6-8-17/h5-9H2,1-4H3. The Morgan fingerprint density at radius 3 is 2.35 bits per heavy atom. The van der Waals surface area contributed by atoms with Gasteiger partial charge in [0.1, 0.15) is 0 Å². The van der Waals surface area contributed by atoms with E-state index >= 15 is 0 Å². The molecule has 0 amide bonds. The Balaban J connectivity index is 2.03. The first kappa shape index (κ1) is 13.1. The second kappa shape index (κ2) is 4.73. The van der Waals surface area contributed by atoms with Gasteiger partial charge in [0.2, 0.25) is 0 Å². The Morgan fingerprint density at radius 2 is 1.88 bits per heavy atom. The summed E-state index contributed by atoms with van der Waals surface area (Å²) < 4.78 is 3.17. The van der Waals surface area contributed by atoms with E-state index < -0.39 is 0 Å². The van der Waals surface area contributed by atoms with Gasteiger partial charge in [-0.25, -0.2) is 0 Å². The van der Waals surface area contributed by atoms with Crippen LogP contribution in [0.2, 0.25) is 0 Å². The van der Waals surface area contributed by atoms with E-state index in [9.17, 15) is 0 Å². The van der Waals surface area contributed by atoms with Crippen LogP contribution >= 0.6 is 15.9 Å². The lowest BCUT2D eigenvalue weighted by Crippen LogP contribution is -2.37. The van der Waals surface area contributed by atoms with Crippen LogP contribution in [0.5, 0.6) is 0 Å². The van der Waals surface area contributed by atoms with Crippen LogP contribution in [-0.2, 0) is 13.6 Å². The van der Waals surface area contributed by atoms with Gasteiger partial charge in [-0.15, -0.1) is 0 Å². The number of piperidine rings is 1. The van der Waals surface area contributed by atoms with Gasteiger partial charge in [-0.05, 0) is 54.2 Å². The van der Waals surface area contributed by atoms with Gasteiger partial charge in [-0.1, -0.05) is 13.8 Å². The fraction of sp³-hybridized carbons (Fsp3) is 0.769. The van der Waals surface area contributed by atoms with Crippen LogP contribution in [0.3, 0.4) is 0 Å². The predicted octanol–water partition coefficient (Wildman–Crippen LogP) is 3.11. The molecule has 1 aliphatic heterocycles. The molecule has 0 N–H and O–H groups in total. The molecular formula is C13H22BrN3. The molecule has 1 fully saturated rings. The molecule has 17 heavy (non-hydrogen) atoms. The van der Waals surface area contributed by atoms with Crippen molar-refractivity contribution in [3.63, 3.8) is 0 Å². The van der Waals surface area contributed by atoms with Gasteiger partial charge in [0.05, 0.1) is 15.9 Å². The van der Waals surface area contributed by atoms with Crippen molar-refractivity contribution in [3.05, 3.63) is 15.9 Å². The maximum atomic E-state index is 4.45. The number of hydrogen-bond acceptors (Lipinski definition) is 2. The molecule has 0 saturated carbocycles. The van der Waals surface area contributed by atoms with Crippen molar-refractivity contribution in [1.29, 1.82) is 0 Å². The molecule has 0 spiro atoms. The van der Waals surface area contributed by atoms with Crippen molar-refractivity contribution in [2.45, 2.75) is 40.2 Å². The Hall–Kier alpha value is -0.350. The van der Waals surface area contributed by atoms with E-state index in [1.54, 1.807) is 0 Å². The lowest BCUT2D eigenvalue weighted by Gasteiger charge is -2.36. The van der Waals surface area contributed by atoms with Crippen LogP contribution < -0.4 is 0 Å². The lowest BCUT2D eigenvalue weighted by molar-refractivity contribution is 0.124. The van der Waals surface area contributed by atoms with Crippen molar-refractivity contribution >= 4 is 15.9 Å². The zero-order valence-corrected chi connectivity index (χ0v) is 12.8. The molecule has 3 nitrogen and oxygen atoms in total. The third-order valence-corrected chi connectivity index (χ3v) is 4.88. The van der Waals surface area contributed by atoms with Gasteiger partial charge in [0.15, 0.2) is 0 Å². The van der Waals surface area contributed by atoms with Crippen molar-refractivity contribution in [3.8, 4) is 0 Å². The molecule has 4 heteroatoms. The van der Waals surface area contributed by atoms with Crippen LogP contribution in [-0.4, -0.2) is 27.8 Å². The summed E-state index contributed by atoms with van der Waals surface area (Å²) in [6, 6.07) is 0. The highest BCUT2D eigenvalue weighted by Gasteiger charge is 2.26. The smallest absolute Gasteiger partial charge is 0.0739 e. The number of hydrogen-bond donors (Lipinski definition) is 0. The Kier molecular flexibility index (Phi) is 3.64. The second-order valence-electron chi connectivity index (χ2n) is 5.91. The van der Waals surface area contributed by atoms with E-state index in [2.05, 4.69) is 39.8 Å². The van der Waals surface area contributed by atoms with E-state index in [-0.39, 0.29) is 0 Å². The number of halogens is 1. The number of rotatable bonds is 2. The quantitative estimate of drug-likeness (QED) is 0.837. The number of aryl methyl sites for hydroxylation is 2. The summed E-state index contributed by atoms with van der Waals surface area (Å²) in [5.41, 5.74) is 2.90. The van der Waals surface area contributed by atoms with Crippen molar-refractivity contribution in [2.75, 3.05) is 13.1 Å². The summed E-state index contributed by atoms with van der Waals surface area (Å²) in [5, 5.41) is 4.45. The zero-order valence-electron chi connectivity index (χ0n) is 11.3. The normalized spacial score (nSPS) is 20.8. The molecular weight excluding hydrogens is 278 g/mol. The molecule has 0 radical (unpaired) electrons. The van der Waals surface area contributed by atoms with Crippen molar-refractivity contribution in [1.82, 2.24) is 14.7 Å². The first-order chi connectivity index (χ1) is 7.89. The van der Waals surface area contributed by atoms with Crippen LogP contribution in [0, 0.1) is 12.3 Å². The van der Waals surface area contributed by atoms with Crippen LogP contribution in [0.4, 0.5) is 0 Å². The predicted molar refractivity (Wildman–Crippen MR) is 73.9 cm³/mol. The molecule has 1 aliphatic rings. The third-order valence-electron chi connectivity index (χ3n) is 3.84. The van der Waals surface area contributed by atoms with Crippen molar-refractivity contribution < 1.29 is 0 Å². The maximum absolute atomic E-state index is 4.45. The third kappa shape index (κ3) is 2.91. The molecule has 1 aromatic heterocycles. The van der Waals surface area contributed by atoms with Gasteiger partial charge in [-0.3, -0.25) is 9.58 Å². The number of nitrogens with zero attached hydrogens (tertiary/aromatic N) is 3. The summed E-state index contributed by atoms with van der Waals surface area (Å²) in [4.78, 5) is 2.53. The van der Waals surface area contributed by atoms with Gasteiger partial charge in [0.25, 0.3) is 0 Å². The van der Waals surface area contributed by atoms with Crippen molar-refractivity contribution in [2.24, 2.45) is 12.5 Å². The molecule has 2 heterocycles. The molecule has 0 aliphatic carbocycles. The number of likely N-dealkylation sites (tertiary alicyclic amines) is 1. The van der Waals surface area contributed by atoms with E-state index in [4.69, 9.17) is 0 Å². The summed E-state index contributed by atoms with van der Waals surface area (Å²) in [7, 11) is 2.03. The Bertz CT molecular complexity index is 399. The van der Waals surface area contributed by atoms with Gasteiger partial charge >= 0.3 is 0 Å². The highest BCUT2D eigenvalue weighted by molar-refractivity contribution is 9.10. The molecule has 0 unspecified atom stereocenters. The largest absolute Gasteiger partial charge is 0.297 e. The Labute approximate surface area is 112 Å². The first-order valence-corrected chi connectivity index (χ1v) is 7.09. The van der Waals surface area contributed by atoms with Gasteiger partial charge in [0, 0.05) is 13.6 Å². The van der Waals surface area contributed by atoms with Crippen LogP contribution in [0.25, 0.3) is 0 Å². The van der Waals surface area contributed by atoms with E-state index in [0.29, 0.717) is 5.41 Å². The highest BCUT2D eigenvalue weighted by atomic mass is 79.9. The molecule has 1 saturated heterocycles.